The molecule has 100 valence electrons. The monoisotopic (exact) mass is 259 g/mol. The number of aliphatic hydroxyl groups is 1. The second kappa shape index (κ2) is 5.41. The van der Waals surface area contributed by atoms with E-state index in [-0.39, 0.29) is 12.4 Å². The summed E-state index contributed by atoms with van der Waals surface area (Å²) in [7, 11) is 1.81. The smallest absolute Gasteiger partial charge is 0.147 e. The summed E-state index contributed by atoms with van der Waals surface area (Å²) < 4.78 is 14.0. The van der Waals surface area contributed by atoms with E-state index < -0.39 is 0 Å². The third-order valence-electron chi connectivity index (χ3n) is 3.29. The molecule has 0 aliphatic heterocycles. The third-order valence-corrected chi connectivity index (χ3v) is 3.29. The second-order valence-electron chi connectivity index (χ2n) is 4.75. The van der Waals surface area contributed by atoms with Crippen LogP contribution in [0.1, 0.15) is 16.7 Å². The molecule has 0 aromatic heterocycles. The van der Waals surface area contributed by atoms with Crippen molar-refractivity contribution in [1.29, 1.82) is 0 Å². The van der Waals surface area contributed by atoms with Gasteiger partial charge in [0.05, 0.1) is 12.3 Å². The number of halogens is 1. The standard InChI is InChI=1S/C16H18FNO/c1-11-7-8-15(12(2)9-11)18(3)16-13(10-19)5-4-6-14(16)17/h4-9,19H,10H2,1-3H3. The predicted molar refractivity (Wildman–Crippen MR) is 76.3 cm³/mol. The fourth-order valence-electron chi connectivity index (χ4n) is 2.37. The Morgan fingerprint density at radius 2 is 1.89 bits per heavy atom. The Bertz CT molecular complexity index is 595. The van der Waals surface area contributed by atoms with Crippen molar-refractivity contribution >= 4 is 11.4 Å². The van der Waals surface area contributed by atoms with Gasteiger partial charge >= 0.3 is 0 Å². The summed E-state index contributed by atoms with van der Waals surface area (Å²) in [4.78, 5) is 1.79. The Kier molecular flexibility index (Phi) is 3.86. The Hall–Kier alpha value is -1.87. The number of rotatable bonds is 3. The Balaban J connectivity index is 2.52. The number of benzene rings is 2. The van der Waals surface area contributed by atoms with Gasteiger partial charge in [0.25, 0.3) is 0 Å². The summed E-state index contributed by atoms with van der Waals surface area (Å²) in [6.45, 7) is 3.85. The molecule has 0 unspecified atom stereocenters. The zero-order valence-corrected chi connectivity index (χ0v) is 11.4. The van der Waals surface area contributed by atoms with Crippen molar-refractivity contribution in [2.75, 3.05) is 11.9 Å². The van der Waals surface area contributed by atoms with Crippen LogP contribution in [0.4, 0.5) is 15.8 Å². The highest BCUT2D eigenvalue weighted by Crippen LogP contribution is 2.32. The van der Waals surface area contributed by atoms with Crippen LogP contribution in [0.2, 0.25) is 0 Å². The average Bonchev–Trinajstić information content (AvgIpc) is 2.37. The molecule has 0 radical (unpaired) electrons. The van der Waals surface area contributed by atoms with E-state index in [0.717, 1.165) is 11.3 Å². The minimum Gasteiger partial charge on any atom is -0.392 e. The first kappa shape index (κ1) is 13.6. The van der Waals surface area contributed by atoms with Gasteiger partial charge in [0.1, 0.15) is 5.82 Å². The van der Waals surface area contributed by atoms with E-state index in [4.69, 9.17) is 0 Å². The lowest BCUT2D eigenvalue weighted by atomic mass is 10.1. The van der Waals surface area contributed by atoms with Gasteiger partial charge in [-0.15, -0.1) is 0 Å². The van der Waals surface area contributed by atoms with Gasteiger partial charge in [-0.05, 0) is 31.5 Å². The largest absolute Gasteiger partial charge is 0.392 e. The number of nitrogens with zero attached hydrogens (tertiary/aromatic N) is 1. The summed E-state index contributed by atoms with van der Waals surface area (Å²) in [6.07, 6.45) is 0. The number of hydrogen-bond acceptors (Lipinski definition) is 2. The van der Waals surface area contributed by atoms with Crippen LogP contribution in [0.25, 0.3) is 0 Å². The van der Waals surface area contributed by atoms with E-state index in [0.29, 0.717) is 11.3 Å². The molecule has 0 saturated carbocycles. The van der Waals surface area contributed by atoms with Gasteiger partial charge in [-0.1, -0.05) is 29.8 Å². The van der Waals surface area contributed by atoms with Gasteiger partial charge in [-0.3, -0.25) is 0 Å². The van der Waals surface area contributed by atoms with Crippen molar-refractivity contribution in [3.05, 3.63) is 58.9 Å². The molecule has 0 spiro atoms. The molecule has 2 aromatic rings. The summed E-state index contributed by atoms with van der Waals surface area (Å²) in [5.74, 6) is -0.325. The number of aliphatic hydroxyl groups excluding tert-OH is 1. The first-order chi connectivity index (χ1) is 9.04. The molecule has 2 rings (SSSR count). The van der Waals surface area contributed by atoms with Gasteiger partial charge in [-0.25, -0.2) is 4.39 Å². The van der Waals surface area contributed by atoms with Crippen molar-refractivity contribution < 1.29 is 9.50 Å². The lowest BCUT2D eigenvalue weighted by molar-refractivity contribution is 0.281. The number of aryl methyl sites for hydroxylation is 2. The van der Waals surface area contributed by atoms with E-state index >= 15 is 0 Å². The first-order valence-corrected chi connectivity index (χ1v) is 6.24. The average molecular weight is 259 g/mol. The Morgan fingerprint density at radius 1 is 1.16 bits per heavy atom. The number of para-hydroxylation sites is 1. The normalized spacial score (nSPS) is 10.6. The lowest BCUT2D eigenvalue weighted by Crippen LogP contribution is -2.15. The van der Waals surface area contributed by atoms with Crippen LogP contribution in [-0.2, 0) is 6.61 Å². The molecule has 3 heteroatoms. The van der Waals surface area contributed by atoms with Crippen LogP contribution >= 0.6 is 0 Å². The molecule has 0 amide bonds. The lowest BCUT2D eigenvalue weighted by Gasteiger charge is -2.24. The van der Waals surface area contributed by atoms with Gasteiger partial charge in [0.2, 0.25) is 0 Å². The van der Waals surface area contributed by atoms with Gasteiger partial charge in [0.15, 0.2) is 0 Å². The topological polar surface area (TPSA) is 23.5 Å². The minimum absolute atomic E-state index is 0.178. The molecule has 2 aromatic carbocycles. The molecule has 0 aliphatic carbocycles. The van der Waals surface area contributed by atoms with Crippen molar-refractivity contribution in [3.63, 3.8) is 0 Å². The van der Waals surface area contributed by atoms with Crippen LogP contribution in [0, 0.1) is 19.7 Å². The maximum absolute atomic E-state index is 14.0. The van der Waals surface area contributed by atoms with Crippen LogP contribution in [-0.4, -0.2) is 12.2 Å². The van der Waals surface area contributed by atoms with Crippen molar-refractivity contribution in [2.24, 2.45) is 0 Å². The first-order valence-electron chi connectivity index (χ1n) is 6.24. The van der Waals surface area contributed by atoms with E-state index in [9.17, 15) is 9.50 Å². The molecule has 0 heterocycles. The zero-order chi connectivity index (χ0) is 14.0. The van der Waals surface area contributed by atoms with Gasteiger partial charge in [-0.2, -0.15) is 0 Å². The summed E-state index contributed by atoms with van der Waals surface area (Å²) in [6, 6.07) is 10.8. The quantitative estimate of drug-likeness (QED) is 0.908. The molecule has 19 heavy (non-hydrogen) atoms. The maximum Gasteiger partial charge on any atom is 0.147 e. The predicted octanol–water partition coefficient (Wildman–Crippen LogP) is 3.70. The fourth-order valence-corrected chi connectivity index (χ4v) is 2.37. The van der Waals surface area contributed by atoms with E-state index in [1.54, 1.807) is 17.0 Å². The SMILES string of the molecule is Cc1ccc(N(C)c2c(F)cccc2CO)c(C)c1. The van der Waals surface area contributed by atoms with Crippen molar-refractivity contribution in [1.82, 2.24) is 0 Å². The van der Waals surface area contributed by atoms with Crippen molar-refractivity contribution in [3.8, 4) is 0 Å². The third kappa shape index (κ3) is 2.61. The summed E-state index contributed by atoms with van der Waals surface area (Å²) >= 11 is 0. The minimum atomic E-state index is -0.325. The number of hydrogen-bond donors (Lipinski definition) is 1. The highest BCUT2D eigenvalue weighted by molar-refractivity contribution is 5.69. The zero-order valence-electron chi connectivity index (χ0n) is 11.4. The van der Waals surface area contributed by atoms with Crippen molar-refractivity contribution in [2.45, 2.75) is 20.5 Å². The van der Waals surface area contributed by atoms with Gasteiger partial charge < -0.3 is 10.0 Å². The molecular formula is C16H18FNO. The Morgan fingerprint density at radius 3 is 2.53 bits per heavy atom. The van der Waals surface area contributed by atoms with Crippen LogP contribution < -0.4 is 4.90 Å². The highest BCUT2D eigenvalue weighted by atomic mass is 19.1. The van der Waals surface area contributed by atoms with E-state index in [2.05, 4.69) is 6.07 Å². The molecule has 0 bridgehead atoms. The van der Waals surface area contributed by atoms with Crippen LogP contribution in [0.3, 0.4) is 0 Å². The van der Waals surface area contributed by atoms with Crippen LogP contribution in [0.5, 0.6) is 0 Å². The molecule has 2 nitrogen and oxygen atoms in total. The molecule has 0 saturated heterocycles. The van der Waals surface area contributed by atoms with E-state index in [1.165, 1.54) is 11.6 Å². The van der Waals surface area contributed by atoms with E-state index in [1.807, 2.05) is 33.0 Å². The molecular weight excluding hydrogens is 241 g/mol. The molecule has 0 aliphatic rings. The molecule has 0 fully saturated rings. The molecule has 0 atom stereocenters. The maximum atomic E-state index is 14.0. The second-order valence-corrected chi connectivity index (χ2v) is 4.75. The van der Waals surface area contributed by atoms with Crippen LogP contribution in [0.15, 0.2) is 36.4 Å². The molecule has 1 N–H and O–H groups in total. The summed E-state index contributed by atoms with van der Waals surface area (Å²) in [5, 5.41) is 9.36. The van der Waals surface area contributed by atoms with Gasteiger partial charge in [0, 0.05) is 18.3 Å². The Labute approximate surface area is 113 Å². The fraction of sp³-hybridized carbons (Fsp3) is 0.250. The highest BCUT2D eigenvalue weighted by Gasteiger charge is 2.15. The number of anilines is 2. The summed E-state index contributed by atoms with van der Waals surface area (Å²) in [5.41, 5.74) is 4.20.